The SMILES string of the molecule is Cc1csc(COC2COC3(CCNCC3)C2)n1. The second kappa shape index (κ2) is 5.25. The zero-order chi connectivity index (χ0) is 12.4. The largest absolute Gasteiger partial charge is 0.372 e. The standard InChI is InChI=1S/C13H20N2O2S/c1-10-9-18-12(15-10)8-16-11-6-13(17-7-11)2-4-14-5-3-13/h9,11,14H,2-8H2,1H3. The van der Waals surface area contributed by atoms with Crippen LogP contribution >= 0.6 is 11.3 Å². The molecule has 3 rings (SSSR count). The summed E-state index contributed by atoms with van der Waals surface area (Å²) in [7, 11) is 0. The third kappa shape index (κ3) is 2.74. The molecule has 5 heteroatoms. The monoisotopic (exact) mass is 268 g/mol. The minimum Gasteiger partial charge on any atom is -0.372 e. The van der Waals surface area contributed by atoms with Gasteiger partial charge in [0, 0.05) is 17.5 Å². The first-order chi connectivity index (χ1) is 8.76. The van der Waals surface area contributed by atoms with Crippen LogP contribution in [0.15, 0.2) is 5.38 Å². The number of thiazole rings is 1. The van der Waals surface area contributed by atoms with Crippen LogP contribution in [0.25, 0.3) is 0 Å². The summed E-state index contributed by atoms with van der Waals surface area (Å²) in [5, 5.41) is 6.52. The molecule has 1 aromatic heterocycles. The van der Waals surface area contributed by atoms with Crippen molar-refractivity contribution in [2.75, 3.05) is 19.7 Å². The molecule has 4 nitrogen and oxygen atoms in total. The van der Waals surface area contributed by atoms with Gasteiger partial charge >= 0.3 is 0 Å². The fraction of sp³-hybridized carbons (Fsp3) is 0.769. The average Bonchev–Trinajstić information content (AvgIpc) is 2.96. The number of aromatic nitrogens is 1. The highest BCUT2D eigenvalue weighted by molar-refractivity contribution is 7.09. The minimum absolute atomic E-state index is 0.0920. The van der Waals surface area contributed by atoms with Crippen LogP contribution in [0.5, 0.6) is 0 Å². The number of rotatable bonds is 3. The Morgan fingerprint density at radius 2 is 2.39 bits per heavy atom. The highest BCUT2D eigenvalue weighted by Crippen LogP contribution is 2.35. The summed E-state index contributed by atoms with van der Waals surface area (Å²) in [5.41, 5.74) is 1.17. The van der Waals surface area contributed by atoms with Gasteiger partial charge in [0.05, 0.1) is 24.9 Å². The first-order valence-electron chi connectivity index (χ1n) is 6.63. The Hall–Kier alpha value is -0.490. The quantitative estimate of drug-likeness (QED) is 0.909. The fourth-order valence-corrected chi connectivity index (χ4v) is 3.49. The Balaban J connectivity index is 1.50. The summed E-state index contributed by atoms with van der Waals surface area (Å²) >= 11 is 1.67. The van der Waals surface area contributed by atoms with Crippen molar-refractivity contribution in [3.8, 4) is 0 Å². The molecule has 100 valence electrons. The number of hydrogen-bond donors (Lipinski definition) is 1. The summed E-state index contributed by atoms with van der Waals surface area (Å²) in [5.74, 6) is 0. The molecule has 1 N–H and O–H groups in total. The molecule has 2 fully saturated rings. The lowest BCUT2D eigenvalue weighted by Gasteiger charge is -2.32. The van der Waals surface area contributed by atoms with E-state index < -0.39 is 0 Å². The van der Waals surface area contributed by atoms with E-state index in [1.54, 1.807) is 11.3 Å². The van der Waals surface area contributed by atoms with E-state index >= 15 is 0 Å². The van der Waals surface area contributed by atoms with Crippen LogP contribution in [0.1, 0.15) is 30.0 Å². The third-order valence-electron chi connectivity index (χ3n) is 3.80. The van der Waals surface area contributed by atoms with Crippen molar-refractivity contribution in [3.05, 3.63) is 16.1 Å². The summed E-state index contributed by atoms with van der Waals surface area (Å²) in [6.45, 7) is 5.52. The predicted molar refractivity (Wildman–Crippen MR) is 70.8 cm³/mol. The third-order valence-corrected chi connectivity index (χ3v) is 4.74. The van der Waals surface area contributed by atoms with Crippen molar-refractivity contribution < 1.29 is 9.47 Å². The van der Waals surface area contributed by atoms with Gasteiger partial charge in [0.2, 0.25) is 0 Å². The van der Waals surface area contributed by atoms with Gasteiger partial charge in [0.15, 0.2) is 0 Å². The summed E-state index contributed by atoms with van der Waals surface area (Å²) < 4.78 is 11.9. The smallest absolute Gasteiger partial charge is 0.119 e. The van der Waals surface area contributed by atoms with E-state index in [0.29, 0.717) is 6.61 Å². The minimum atomic E-state index is 0.0920. The van der Waals surface area contributed by atoms with Gasteiger partial charge in [-0.15, -0.1) is 11.3 Å². The van der Waals surface area contributed by atoms with E-state index in [-0.39, 0.29) is 11.7 Å². The van der Waals surface area contributed by atoms with Crippen molar-refractivity contribution in [1.29, 1.82) is 0 Å². The molecule has 2 aliphatic rings. The topological polar surface area (TPSA) is 43.4 Å². The molecule has 1 aromatic rings. The lowest BCUT2D eigenvalue weighted by atomic mass is 9.89. The van der Waals surface area contributed by atoms with Crippen LogP contribution in [0.4, 0.5) is 0 Å². The van der Waals surface area contributed by atoms with Gasteiger partial charge in [-0.25, -0.2) is 4.98 Å². The zero-order valence-corrected chi connectivity index (χ0v) is 11.6. The molecule has 0 aromatic carbocycles. The van der Waals surface area contributed by atoms with Crippen LogP contribution in [0.2, 0.25) is 0 Å². The maximum Gasteiger partial charge on any atom is 0.119 e. The summed E-state index contributed by atoms with van der Waals surface area (Å²) in [6.07, 6.45) is 3.51. The molecule has 1 atom stereocenters. The second-order valence-corrected chi connectivity index (χ2v) is 6.21. The first kappa shape index (κ1) is 12.5. The lowest BCUT2D eigenvalue weighted by Crippen LogP contribution is -2.41. The number of nitrogens with zero attached hydrogens (tertiary/aromatic N) is 1. The van der Waals surface area contributed by atoms with E-state index in [1.165, 1.54) is 0 Å². The predicted octanol–water partition coefficient (Wildman–Crippen LogP) is 1.88. The number of hydrogen-bond acceptors (Lipinski definition) is 5. The van der Waals surface area contributed by atoms with Crippen LogP contribution < -0.4 is 5.32 Å². The molecular weight excluding hydrogens is 248 g/mol. The Labute approximate surface area is 112 Å². The fourth-order valence-electron chi connectivity index (χ4n) is 2.80. The average molecular weight is 268 g/mol. The van der Waals surface area contributed by atoms with Crippen LogP contribution in [-0.2, 0) is 16.1 Å². The van der Waals surface area contributed by atoms with E-state index in [1.807, 2.05) is 6.92 Å². The molecule has 1 unspecified atom stereocenters. The van der Waals surface area contributed by atoms with Crippen molar-refractivity contribution >= 4 is 11.3 Å². The van der Waals surface area contributed by atoms with E-state index in [4.69, 9.17) is 9.47 Å². The molecule has 0 amide bonds. The highest BCUT2D eigenvalue weighted by Gasteiger charge is 2.41. The highest BCUT2D eigenvalue weighted by atomic mass is 32.1. The molecule has 0 bridgehead atoms. The van der Waals surface area contributed by atoms with Gasteiger partial charge in [-0.1, -0.05) is 0 Å². The summed E-state index contributed by atoms with van der Waals surface area (Å²) in [4.78, 5) is 4.42. The van der Waals surface area contributed by atoms with Gasteiger partial charge in [-0.3, -0.25) is 0 Å². The molecular formula is C13H20N2O2S. The van der Waals surface area contributed by atoms with E-state index in [0.717, 1.165) is 49.7 Å². The zero-order valence-electron chi connectivity index (χ0n) is 10.8. The molecule has 3 heterocycles. The molecule has 1 spiro atoms. The van der Waals surface area contributed by atoms with Crippen LogP contribution in [0, 0.1) is 6.92 Å². The Morgan fingerprint density at radius 3 is 3.11 bits per heavy atom. The number of aryl methyl sites for hydroxylation is 1. The van der Waals surface area contributed by atoms with Gasteiger partial charge in [-0.2, -0.15) is 0 Å². The molecule has 18 heavy (non-hydrogen) atoms. The van der Waals surface area contributed by atoms with Crippen molar-refractivity contribution in [2.45, 2.75) is 44.5 Å². The number of ether oxygens (including phenoxy) is 2. The van der Waals surface area contributed by atoms with Crippen LogP contribution in [-0.4, -0.2) is 36.4 Å². The maximum atomic E-state index is 6.01. The Bertz CT molecular complexity index is 401. The van der Waals surface area contributed by atoms with Crippen molar-refractivity contribution in [3.63, 3.8) is 0 Å². The number of piperidine rings is 1. The van der Waals surface area contributed by atoms with Gasteiger partial charge in [0.25, 0.3) is 0 Å². The van der Waals surface area contributed by atoms with Crippen molar-refractivity contribution in [1.82, 2.24) is 10.3 Å². The first-order valence-corrected chi connectivity index (χ1v) is 7.51. The molecule has 0 radical (unpaired) electrons. The molecule has 2 aliphatic heterocycles. The van der Waals surface area contributed by atoms with Gasteiger partial charge in [0.1, 0.15) is 5.01 Å². The second-order valence-electron chi connectivity index (χ2n) is 5.26. The Kier molecular flexibility index (Phi) is 3.66. The maximum absolute atomic E-state index is 6.01. The van der Waals surface area contributed by atoms with Gasteiger partial charge in [-0.05, 0) is 32.9 Å². The molecule has 0 saturated carbocycles. The molecule has 0 aliphatic carbocycles. The van der Waals surface area contributed by atoms with Gasteiger partial charge < -0.3 is 14.8 Å². The van der Waals surface area contributed by atoms with Crippen LogP contribution in [0.3, 0.4) is 0 Å². The normalized spacial score (nSPS) is 26.8. The van der Waals surface area contributed by atoms with E-state index in [2.05, 4.69) is 15.7 Å². The Morgan fingerprint density at radius 1 is 1.56 bits per heavy atom. The summed E-state index contributed by atoms with van der Waals surface area (Å²) in [6, 6.07) is 0. The van der Waals surface area contributed by atoms with E-state index in [9.17, 15) is 0 Å². The van der Waals surface area contributed by atoms with Crippen molar-refractivity contribution in [2.24, 2.45) is 0 Å². The lowest BCUT2D eigenvalue weighted by molar-refractivity contribution is -0.0241. The number of nitrogens with one attached hydrogen (secondary N) is 1. The molecule has 2 saturated heterocycles.